The summed E-state index contributed by atoms with van der Waals surface area (Å²) >= 11 is 0. The molecule has 12 nitrogen and oxygen atoms in total. The van der Waals surface area contributed by atoms with Crippen LogP contribution in [0.3, 0.4) is 0 Å². The van der Waals surface area contributed by atoms with Gasteiger partial charge in [0.15, 0.2) is 0 Å². The zero-order chi connectivity index (χ0) is 33.6. The fourth-order valence-electron chi connectivity index (χ4n) is 5.91. The van der Waals surface area contributed by atoms with E-state index in [1.165, 1.54) is 20.4 Å². The van der Waals surface area contributed by atoms with E-state index in [1.54, 1.807) is 30.3 Å². The molecule has 15 heteroatoms. The molecule has 1 amide bonds. The maximum atomic E-state index is 14.2. The maximum absolute atomic E-state index is 14.2. The monoisotopic (exact) mass is 655 g/mol. The van der Waals surface area contributed by atoms with Crippen LogP contribution in [0, 0.1) is 11.3 Å². The lowest BCUT2D eigenvalue weighted by Gasteiger charge is -2.37. The molecule has 2 aromatic heterocycles. The number of hydrogen-bond acceptors (Lipinski definition) is 10. The molecule has 1 N–H and O–H groups in total. The number of methoxy groups -OCH3 is 2. The van der Waals surface area contributed by atoms with E-state index in [0.717, 1.165) is 29.5 Å². The van der Waals surface area contributed by atoms with Crippen LogP contribution in [-0.4, -0.2) is 90.8 Å². The lowest BCUT2D eigenvalue weighted by atomic mass is 10.0. The fraction of sp³-hybridized carbons (Fsp3) is 0.469. The summed E-state index contributed by atoms with van der Waals surface area (Å²) in [5.74, 6) is 1.20. The highest BCUT2D eigenvalue weighted by Gasteiger charge is 2.40. The van der Waals surface area contributed by atoms with E-state index in [1.807, 2.05) is 11.0 Å². The second-order valence-corrected chi connectivity index (χ2v) is 11.4. The maximum Gasteiger partial charge on any atom is 0.423 e. The number of hydrogen-bond donors (Lipinski definition) is 1. The van der Waals surface area contributed by atoms with E-state index in [0.29, 0.717) is 42.9 Å². The van der Waals surface area contributed by atoms with Crippen LogP contribution in [0.15, 0.2) is 53.6 Å². The first-order valence-electron chi connectivity index (χ1n) is 15.2. The van der Waals surface area contributed by atoms with E-state index >= 15 is 0 Å². The number of piperidine rings is 1. The van der Waals surface area contributed by atoms with Crippen LogP contribution >= 0.6 is 0 Å². The Hall–Kier alpha value is -4.68. The summed E-state index contributed by atoms with van der Waals surface area (Å²) in [5.41, 5.74) is -2.11. The predicted molar refractivity (Wildman–Crippen MR) is 165 cm³/mol. The van der Waals surface area contributed by atoms with Gasteiger partial charge in [-0.2, -0.15) is 23.5 Å². The van der Waals surface area contributed by atoms with Crippen molar-refractivity contribution in [3.63, 3.8) is 0 Å². The Labute approximate surface area is 269 Å². The Morgan fingerprint density at radius 2 is 1.77 bits per heavy atom. The molecule has 2 aliphatic heterocycles. The molecule has 47 heavy (non-hydrogen) atoms. The number of halogens is 3. The van der Waals surface area contributed by atoms with Crippen LogP contribution in [0.5, 0.6) is 5.75 Å². The van der Waals surface area contributed by atoms with E-state index in [4.69, 9.17) is 19.5 Å². The van der Waals surface area contributed by atoms with Crippen molar-refractivity contribution in [1.29, 1.82) is 5.26 Å². The number of likely N-dealkylation sites (tertiary alicyclic amines) is 1. The quantitative estimate of drug-likeness (QED) is 0.310. The Kier molecular flexibility index (Phi) is 10.6. The number of carbonyl (C=O) groups excluding carboxylic acids is 1. The third-order valence-corrected chi connectivity index (χ3v) is 8.34. The van der Waals surface area contributed by atoms with Gasteiger partial charge < -0.3 is 29.3 Å². The minimum absolute atomic E-state index is 0.0310. The van der Waals surface area contributed by atoms with Gasteiger partial charge in [-0.25, -0.2) is 9.67 Å². The Morgan fingerprint density at radius 1 is 1.02 bits per heavy atom. The van der Waals surface area contributed by atoms with Gasteiger partial charge in [0.05, 0.1) is 50.4 Å². The Bertz CT molecular complexity index is 1620. The summed E-state index contributed by atoms with van der Waals surface area (Å²) in [6, 6.07) is 11.4. The number of anilines is 2. The first kappa shape index (κ1) is 33.7. The molecule has 250 valence electrons. The van der Waals surface area contributed by atoms with Crippen molar-refractivity contribution in [1.82, 2.24) is 19.7 Å². The minimum Gasteiger partial charge on any atom is -0.497 e. The molecule has 0 spiro atoms. The van der Waals surface area contributed by atoms with Crippen molar-refractivity contribution >= 4 is 17.4 Å². The van der Waals surface area contributed by atoms with Crippen LogP contribution in [0.2, 0.25) is 0 Å². The first-order valence-corrected chi connectivity index (χ1v) is 15.2. The van der Waals surface area contributed by atoms with Crippen LogP contribution < -0.4 is 20.5 Å². The van der Waals surface area contributed by atoms with Crippen molar-refractivity contribution in [2.24, 2.45) is 0 Å². The van der Waals surface area contributed by atoms with Gasteiger partial charge in [-0.05, 0) is 42.7 Å². The number of aromatic nitrogens is 3. The molecule has 2 aliphatic rings. The zero-order valence-corrected chi connectivity index (χ0v) is 26.1. The summed E-state index contributed by atoms with van der Waals surface area (Å²) < 4.78 is 59.6. The zero-order valence-electron chi connectivity index (χ0n) is 26.1. The minimum atomic E-state index is -4.96. The molecule has 0 aliphatic carbocycles. The number of alkyl halides is 3. The van der Waals surface area contributed by atoms with Gasteiger partial charge in [-0.3, -0.25) is 9.59 Å². The van der Waals surface area contributed by atoms with Crippen molar-refractivity contribution in [2.45, 2.75) is 50.2 Å². The second kappa shape index (κ2) is 14.8. The summed E-state index contributed by atoms with van der Waals surface area (Å²) in [4.78, 5) is 34.6. The van der Waals surface area contributed by atoms with E-state index in [9.17, 15) is 22.8 Å². The average Bonchev–Trinajstić information content (AvgIpc) is 3.44. The number of carbonyl (C=O) groups is 1. The number of nitrogens with zero attached hydrogens (tertiary/aromatic N) is 6. The van der Waals surface area contributed by atoms with E-state index in [2.05, 4.69) is 26.4 Å². The van der Waals surface area contributed by atoms with E-state index < -0.39 is 35.1 Å². The summed E-state index contributed by atoms with van der Waals surface area (Å²) in [6.45, 7) is 1.58. The van der Waals surface area contributed by atoms with Gasteiger partial charge in [0.1, 0.15) is 29.3 Å². The van der Waals surface area contributed by atoms with Gasteiger partial charge in [0, 0.05) is 45.4 Å². The Morgan fingerprint density at radius 3 is 2.38 bits per heavy atom. The average molecular weight is 656 g/mol. The molecule has 1 aromatic carbocycles. The van der Waals surface area contributed by atoms with Crippen LogP contribution in [0.25, 0.3) is 0 Å². The number of rotatable bonds is 12. The summed E-state index contributed by atoms with van der Waals surface area (Å²) in [7, 11) is 2.89. The van der Waals surface area contributed by atoms with Crippen molar-refractivity contribution in [3.8, 4) is 11.8 Å². The highest BCUT2D eigenvalue weighted by atomic mass is 19.4. The highest BCUT2D eigenvalue weighted by Crippen LogP contribution is 2.32. The molecule has 0 bridgehead atoms. The SMILES string of the molecule is COC[C@@H](COC1CCN(C2CCN(c3ccc(C#N)cn3)CC2)C1=O)Nc1cnn(Cc2ccc(OC)cc2)c(=O)c1C(F)(F)F. The lowest BCUT2D eigenvalue weighted by molar-refractivity contribution is -0.139. The lowest BCUT2D eigenvalue weighted by Crippen LogP contribution is -2.47. The van der Waals surface area contributed by atoms with Gasteiger partial charge in [0.2, 0.25) is 0 Å². The third-order valence-electron chi connectivity index (χ3n) is 8.34. The molecule has 0 saturated carbocycles. The number of ether oxygens (including phenoxy) is 3. The molecule has 4 heterocycles. The molecular formula is C32H36F3N7O5. The highest BCUT2D eigenvalue weighted by molar-refractivity contribution is 5.83. The van der Waals surface area contributed by atoms with Crippen LogP contribution in [-0.2, 0) is 27.0 Å². The molecule has 5 rings (SSSR count). The standard InChI is InChI=1S/C32H36F3N7O5/c1-45-19-23(39-26-17-38-42(31(44)29(26)32(33,34)35)18-21-3-6-25(46-2)7-4-21)20-47-27-11-14-41(30(27)43)24-9-12-40(13-10-24)28-8-5-22(15-36)16-37-28/h3-8,16-17,23-24,27,39H,9-14,18-20H2,1-2H3/t23-,27?/m0/s1. The Balaban J connectivity index is 1.20. The topological polar surface area (TPSA) is 135 Å². The van der Waals surface area contributed by atoms with Gasteiger partial charge in [-0.15, -0.1) is 0 Å². The van der Waals surface area contributed by atoms with Crippen molar-refractivity contribution < 1.29 is 32.2 Å². The van der Waals surface area contributed by atoms with E-state index in [-0.39, 0.29) is 31.7 Å². The van der Waals surface area contributed by atoms with Gasteiger partial charge >= 0.3 is 6.18 Å². The van der Waals surface area contributed by atoms with Crippen molar-refractivity contribution in [2.75, 3.05) is 57.3 Å². The second-order valence-electron chi connectivity index (χ2n) is 11.4. The normalized spacial score (nSPS) is 17.9. The third kappa shape index (κ3) is 8.01. The van der Waals surface area contributed by atoms with Crippen LogP contribution in [0.1, 0.15) is 36.0 Å². The molecule has 3 aromatic rings. The molecule has 2 fully saturated rings. The fourth-order valence-corrected chi connectivity index (χ4v) is 5.91. The first-order chi connectivity index (χ1) is 22.6. The van der Waals surface area contributed by atoms with Crippen LogP contribution in [0.4, 0.5) is 24.7 Å². The number of benzene rings is 1. The van der Waals surface area contributed by atoms with Crippen molar-refractivity contribution in [3.05, 3.63) is 75.8 Å². The largest absolute Gasteiger partial charge is 0.497 e. The molecule has 2 atom stereocenters. The molecule has 0 radical (unpaired) electrons. The summed E-state index contributed by atoms with van der Waals surface area (Å²) in [6.07, 6.45) is -1.26. The molecule has 2 saturated heterocycles. The smallest absolute Gasteiger partial charge is 0.423 e. The predicted octanol–water partition coefficient (Wildman–Crippen LogP) is 3.30. The number of nitriles is 1. The molecule has 1 unspecified atom stereocenters. The van der Waals surface area contributed by atoms with Gasteiger partial charge in [-0.1, -0.05) is 12.1 Å². The number of pyridine rings is 1. The number of nitrogens with one attached hydrogen (secondary N) is 1. The molecular weight excluding hydrogens is 619 g/mol. The van der Waals surface area contributed by atoms with Gasteiger partial charge in [0.25, 0.3) is 11.5 Å². The number of amides is 1. The summed E-state index contributed by atoms with van der Waals surface area (Å²) in [5, 5.41) is 15.7.